The summed E-state index contributed by atoms with van der Waals surface area (Å²) in [6.45, 7) is 5.98. The number of likely N-dealkylation sites (N-methyl/N-ethyl adjacent to an activating group) is 1. The van der Waals surface area contributed by atoms with Crippen LogP contribution in [-0.4, -0.2) is 43.0 Å². The number of rotatable bonds is 7. The second-order valence-electron chi connectivity index (χ2n) is 5.37. The molecule has 1 aromatic carbocycles. The molecule has 0 bridgehead atoms. The maximum Gasteiger partial charge on any atom is 0.244 e. The van der Waals surface area contributed by atoms with E-state index in [1.54, 1.807) is 18.2 Å². The summed E-state index contributed by atoms with van der Waals surface area (Å²) in [5.74, 6) is 0.103. The molecule has 7 heteroatoms. The Kier molecular flexibility index (Phi) is 9.29. The van der Waals surface area contributed by atoms with Gasteiger partial charge in [-0.25, -0.2) is 0 Å². The number of ether oxygens (including phenoxy) is 1. The van der Waals surface area contributed by atoms with E-state index in [2.05, 4.69) is 5.32 Å². The van der Waals surface area contributed by atoms with Crippen LogP contribution in [0, 0.1) is 5.92 Å². The number of methoxy groups -OCH3 is 1. The van der Waals surface area contributed by atoms with Crippen molar-refractivity contribution < 1.29 is 14.3 Å². The highest BCUT2D eigenvalue weighted by Gasteiger charge is 2.24. The van der Waals surface area contributed by atoms with Gasteiger partial charge in [0.25, 0.3) is 0 Å². The topological polar surface area (TPSA) is 84.7 Å². The van der Waals surface area contributed by atoms with Crippen molar-refractivity contribution in [1.29, 1.82) is 0 Å². The summed E-state index contributed by atoms with van der Waals surface area (Å²) in [6, 6.07) is 6.52. The molecule has 0 heterocycles. The Bertz CT molecular complexity index is 523. The third-order valence-corrected chi connectivity index (χ3v) is 3.41. The number of nitrogens with zero attached hydrogens (tertiary/aromatic N) is 1. The van der Waals surface area contributed by atoms with Gasteiger partial charge in [-0.1, -0.05) is 26.0 Å². The van der Waals surface area contributed by atoms with E-state index in [1.807, 2.05) is 26.8 Å². The fourth-order valence-electron chi connectivity index (χ4n) is 1.95. The summed E-state index contributed by atoms with van der Waals surface area (Å²) in [7, 11) is 1.54. The Labute approximate surface area is 143 Å². The molecule has 23 heavy (non-hydrogen) atoms. The van der Waals surface area contributed by atoms with Crippen LogP contribution < -0.4 is 15.8 Å². The Morgan fingerprint density at radius 1 is 1.30 bits per heavy atom. The largest absolute Gasteiger partial charge is 0.495 e. The van der Waals surface area contributed by atoms with Gasteiger partial charge in [0.2, 0.25) is 11.8 Å². The second-order valence-corrected chi connectivity index (χ2v) is 5.37. The number of amides is 2. The standard InChI is InChI=1S/C16H25N3O3.ClH/c1-5-19(16(21)15(17)11(2)3)10-14(20)18-12-8-6-7-9-13(12)22-4;/h6-9,11,15H,5,10,17H2,1-4H3,(H,18,20);1H/t15-;/m0./s1. The van der Waals surface area contributed by atoms with Crippen molar-refractivity contribution in [2.75, 3.05) is 25.5 Å². The normalized spacial score (nSPS) is 11.4. The predicted molar refractivity (Wildman–Crippen MR) is 93.9 cm³/mol. The first-order valence-corrected chi connectivity index (χ1v) is 7.37. The summed E-state index contributed by atoms with van der Waals surface area (Å²) < 4.78 is 5.18. The minimum atomic E-state index is -0.598. The Hall–Kier alpha value is -1.79. The van der Waals surface area contributed by atoms with Crippen LogP contribution in [-0.2, 0) is 9.59 Å². The van der Waals surface area contributed by atoms with Gasteiger partial charge >= 0.3 is 0 Å². The zero-order valence-electron chi connectivity index (χ0n) is 14.0. The number of halogens is 1. The van der Waals surface area contributed by atoms with Crippen molar-refractivity contribution in [2.45, 2.75) is 26.8 Å². The molecule has 0 unspecified atom stereocenters. The van der Waals surface area contributed by atoms with Gasteiger partial charge in [-0.3, -0.25) is 9.59 Å². The van der Waals surface area contributed by atoms with Crippen LogP contribution in [0.15, 0.2) is 24.3 Å². The average molecular weight is 344 g/mol. The fraction of sp³-hybridized carbons (Fsp3) is 0.500. The van der Waals surface area contributed by atoms with Crippen LogP contribution in [0.25, 0.3) is 0 Å². The van der Waals surface area contributed by atoms with Gasteiger partial charge in [0.1, 0.15) is 5.75 Å². The van der Waals surface area contributed by atoms with Gasteiger partial charge in [0.05, 0.1) is 25.4 Å². The van der Waals surface area contributed by atoms with Crippen molar-refractivity contribution in [3.63, 3.8) is 0 Å². The van der Waals surface area contributed by atoms with Crippen LogP contribution >= 0.6 is 12.4 Å². The van der Waals surface area contributed by atoms with Crippen molar-refractivity contribution in [3.8, 4) is 5.75 Å². The molecule has 0 spiro atoms. The maximum absolute atomic E-state index is 12.2. The number of nitrogens with one attached hydrogen (secondary N) is 1. The van der Waals surface area contributed by atoms with E-state index in [0.717, 1.165) is 0 Å². The first-order chi connectivity index (χ1) is 10.4. The Morgan fingerprint density at radius 3 is 2.43 bits per heavy atom. The minimum absolute atomic E-state index is 0. The summed E-state index contributed by atoms with van der Waals surface area (Å²) in [5, 5.41) is 2.75. The highest BCUT2D eigenvalue weighted by atomic mass is 35.5. The van der Waals surface area contributed by atoms with Gasteiger partial charge in [0.15, 0.2) is 0 Å². The van der Waals surface area contributed by atoms with Crippen molar-refractivity contribution in [1.82, 2.24) is 4.90 Å². The molecular weight excluding hydrogens is 318 g/mol. The molecule has 0 saturated carbocycles. The van der Waals surface area contributed by atoms with Crippen LogP contribution in [0.2, 0.25) is 0 Å². The minimum Gasteiger partial charge on any atom is -0.495 e. The van der Waals surface area contributed by atoms with E-state index in [0.29, 0.717) is 18.0 Å². The Morgan fingerprint density at radius 2 is 1.91 bits per heavy atom. The van der Waals surface area contributed by atoms with E-state index >= 15 is 0 Å². The van der Waals surface area contributed by atoms with E-state index in [9.17, 15) is 9.59 Å². The third kappa shape index (κ3) is 6.08. The SMILES string of the molecule is CCN(CC(=O)Nc1ccccc1OC)C(=O)[C@@H](N)C(C)C.Cl. The molecule has 0 radical (unpaired) electrons. The number of carbonyl (C=O) groups is 2. The second kappa shape index (κ2) is 10.1. The van der Waals surface area contributed by atoms with Gasteiger partial charge in [0, 0.05) is 6.54 Å². The first kappa shape index (κ1) is 21.2. The number of anilines is 1. The van der Waals surface area contributed by atoms with E-state index < -0.39 is 6.04 Å². The molecule has 0 aromatic heterocycles. The molecule has 0 saturated heterocycles. The highest BCUT2D eigenvalue weighted by Crippen LogP contribution is 2.22. The molecule has 0 aliphatic heterocycles. The van der Waals surface area contributed by atoms with Gasteiger partial charge in [-0.15, -0.1) is 12.4 Å². The monoisotopic (exact) mass is 343 g/mol. The number of nitrogens with two attached hydrogens (primary N) is 1. The molecule has 1 aromatic rings. The average Bonchev–Trinajstić information content (AvgIpc) is 2.51. The molecule has 1 atom stereocenters. The summed E-state index contributed by atoms with van der Waals surface area (Å²) in [6.07, 6.45) is 0. The molecule has 0 fully saturated rings. The van der Waals surface area contributed by atoms with Crippen LogP contribution in [0.1, 0.15) is 20.8 Å². The van der Waals surface area contributed by atoms with Crippen LogP contribution in [0.5, 0.6) is 5.75 Å². The maximum atomic E-state index is 12.2. The number of carbonyl (C=O) groups excluding carboxylic acids is 2. The van der Waals surface area contributed by atoms with Gasteiger partial charge in [-0.2, -0.15) is 0 Å². The van der Waals surface area contributed by atoms with Crippen molar-refractivity contribution in [3.05, 3.63) is 24.3 Å². The van der Waals surface area contributed by atoms with E-state index in [1.165, 1.54) is 12.0 Å². The van der Waals surface area contributed by atoms with Crippen molar-refractivity contribution in [2.24, 2.45) is 11.7 Å². The molecule has 6 nitrogen and oxygen atoms in total. The summed E-state index contributed by atoms with van der Waals surface area (Å²) in [5.41, 5.74) is 6.44. The van der Waals surface area contributed by atoms with E-state index in [4.69, 9.17) is 10.5 Å². The van der Waals surface area contributed by atoms with Crippen LogP contribution in [0.3, 0.4) is 0 Å². The number of para-hydroxylation sites is 2. The van der Waals surface area contributed by atoms with Crippen LogP contribution in [0.4, 0.5) is 5.69 Å². The third-order valence-electron chi connectivity index (χ3n) is 3.41. The first-order valence-electron chi connectivity index (χ1n) is 7.37. The molecule has 3 N–H and O–H groups in total. The van der Waals surface area contributed by atoms with Gasteiger partial charge in [-0.05, 0) is 25.0 Å². The zero-order chi connectivity index (χ0) is 16.7. The molecule has 0 aliphatic rings. The number of hydrogen-bond donors (Lipinski definition) is 2. The smallest absolute Gasteiger partial charge is 0.244 e. The number of benzene rings is 1. The molecule has 2 amide bonds. The lowest BCUT2D eigenvalue weighted by atomic mass is 10.0. The van der Waals surface area contributed by atoms with Gasteiger partial charge < -0.3 is 20.7 Å². The molecule has 130 valence electrons. The number of hydrogen-bond acceptors (Lipinski definition) is 4. The lowest BCUT2D eigenvalue weighted by Crippen LogP contribution is -2.48. The lowest BCUT2D eigenvalue weighted by molar-refractivity contribution is -0.136. The van der Waals surface area contributed by atoms with E-state index in [-0.39, 0.29) is 36.7 Å². The fourth-order valence-corrected chi connectivity index (χ4v) is 1.95. The zero-order valence-corrected chi connectivity index (χ0v) is 14.9. The molecule has 0 aliphatic carbocycles. The molecule has 1 rings (SSSR count). The predicted octanol–water partition coefficient (Wildman–Crippen LogP) is 1.89. The summed E-state index contributed by atoms with van der Waals surface area (Å²) in [4.78, 5) is 25.8. The quantitative estimate of drug-likeness (QED) is 0.791. The lowest BCUT2D eigenvalue weighted by Gasteiger charge is -2.25. The highest BCUT2D eigenvalue weighted by molar-refractivity contribution is 5.96. The van der Waals surface area contributed by atoms with Crippen molar-refractivity contribution >= 4 is 29.9 Å². The summed E-state index contributed by atoms with van der Waals surface area (Å²) >= 11 is 0. The molecular formula is C16H26ClN3O3. The Balaban J connectivity index is 0.00000484.